The summed E-state index contributed by atoms with van der Waals surface area (Å²) in [4.78, 5) is 0. The maximum Gasteiger partial charge on any atom is 0.212 e. The Morgan fingerprint density at radius 2 is 1.60 bits per heavy atom. The molecule has 30 heavy (non-hydrogen) atoms. The van der Waals surface area contributed by atoms with E-state index in [2.05, 4.69) is 103 Å². The van der Waals surface area contributed by atoms with Crippen LogP contribution in [0.4, 0.5) is 0 Å². The maximum atomic E-state index is 2.41. The Morgan fingerprint density at radius 3 is 2.47 bits per heavy atom. The van der Waals surface area contributed by atoms with Crippen LogP contribution in [0, 0.1) is 6.92 Å². The SMILES string of the molecule is CCCCCn1ccc2ccc(-c3ccc4c(c3)c3cc(C)ccc3c[n+]4C)cc21. The quantitative estimate of drug-likeness (QED) is 0.174. The van der Waals surface area contributed by atoms with Crippen LogP contribution in [-0.4, -0.2) is 4.57 Å². The van der Waals surface area contributed by atoms with Crippen molar-refractivity contribution in [3.8, 4) is 11.1 Å². The van der Waals surface area contributed by atoms with Gasteiger partial charge in [0.15, 0.2) is 6.20 Å². The third-order valence-corrected chi connectivity index (χ3v) is 6.32. The lowest BCUT2D eigenvalue weighted by atomic mass is 9.98. The third kappa shape index (κ3) is 3.27. The molecular formula is C28H29N2+. The van der Waals surface area contributed by atoms with E-state index < -0.39 is 0 Å². The van der Waals surface area contributed by atoms with E-state index >= 15 is 0 Å². The molecule has 5 rings (SSSR count). The second-order valence-electron chi connectivity index (χ2n) is 8.55. The molecule has 0 atom stereocenters. The van der Waals surface area contributed by atoms with Crippen LogP contribution in [-0.2, 0) is 13.6 Å². The van der Waals surface area contributed by atoms with E-state index in [1.165, 1.54) is 68.5 Å². The monoisotopic (exact) mass is 393 g/mol. The van der Waals surface area contributed by atoms with Gasteiger partial charge in [0.2, 0.25) is 5.52 Å². The molecule has 0 amide bonds. The van der Waals surface area contributed by atoms with E-state index in [0.717, 1.165) is 6.54 Å². The fourth-order valence-electron chi connectivity index (χ4n) is 4.62. The molecule has 0 fully saturated rings. The number of nitrogens with zero attached hydrogens (tertiary/aromatic N) is 2. The first-order valence-corrected chi connectivity index (χ1v) is 11.1. The Kier molecular flexibility index (Phi) is 4.78. The van der Waals surface area contributed by atoms with Gasteiger partial charge in [-0.1, -0.05) is 49.6 Å². The van der Waals surface area contributed by atoms with Crippen molar-refractivity contribution in [2.75, 3.05) is 0 Å². The minimum Gasteiger partial charge on any atom is -0.347 e. The second-order valence-corrected chi connectivity index (χ2v) is 8.55. The molecule has 0 spiro atoms. The van der Waals surface area contributed by atoms with Gasteiger partial charge >= 0.3 is 0 Å². The summed E-state index contributed by atoms with van der Waals surface area (Å²) in [6, 6.07) is 22.7. The first kappa shape index (κ1) is 18.9. The summed E-state index contributed by atoms with van der Waals surface area (Å²) >= 11 is 0. The van der Waals surface area contributed by atoms with E-state index in [-0.39, 0.29) is 0 Å². The minimum atomic E-state index is 1.10. The summed E-state index contributed by atoms with van der Waals surface area (Å²) in [5, 5.41) is 5.25. The van der Waals surface area contributed by atoms with Gasteiger partial charge in [0.25, 0.3) is 0 Å². The molecule has 0 bridgehead atoms. The van der Waals surface area contributed by atoms with Crippen molar-refractivity contribution >= 4 is 32.6 Å². The number of fused-ring (bicyclic) bond motifs is 4. The van der Waals surface area contributed by atoms with Crippen LogP contribution in [0.5, 0.6) is 0 Å². The van der Waals surface area contributed by atoms with E-state index in [1.807, 2.05) is 0 Å². The first-order valence-electron chi connectivity index (χ1n) is 11.1. The normalized spacial score (nSPS) is 11.7. The van der Waals surface area contributed by atoms with Gasteiger partial charge in [-0.3, -0.25) is 0 Å². The van der Waals surface area contributed by atoms with Crippen molar-refractivity contribution in [3.63, 3.8) is 0 Å². The average Bonchev–Trinajstić information content (AvgIpc) is 3.16. The molecule has 0 N–H and O–H groups in total. The number of aryl methyl sites for hydroxylation is 3. The Hall–Kier alpha value is -3.13. The van der Waals surface area contributed by atoms with Crippen molar-refractivity contribution in [2.45, 2.75) is 39.7 Å². The predicted octanol–water partition coefficient (Wildman–Crippen LogP) is 6.94. The van der Waals surface area contributed by atoms with Gasteiger partial charge in [-0.15, -0.1) is 0 Å². The van der Waals surface area contributed by atoms with Gasteiger partial charge in [-0.25, -0.2) is 4.57 Å². The standard InChI is InChI=1S/C28H29N2/c1-4-5-6-14-30-15-13-21-9-10-23(18-28(21)30)22-11-12-27-26(17-22)25-16-20(2)7-8-24(25)19-29(27)3/h7-13,15-19H,4-6,14H2,1-3H3/q+1. The van der Waals surface area contributed by atoms with Crippen molar-refractivity contribution in [1.82, 2.24) is 4.57 Å². The molecule has 2 heterocycles. The third-order valence-electron chi connectivity index (χ3n) is 6.32. The van der Waals surface area contributed by atoms with Gasteiger partial charge in [-0.2, -0.15) is 0 Å². The molecule has 0 unspecified atom stereocenters. The van der Waals surface area contributed by atoms with E-state index in [4.69, 9.17) is 0 Å². The van der Waals surface area contributed by atoms with E-state index in [0.29, 0.717) is 0 Å². The minimum absolute atomic E-state index is 1.10. The maximum absolute atomic E-state index is 2.41. The van der Waals surface area contributed by atoms with Gasteiger partial charge in [0.05, 0.1) is 5.39 Å². The zero-order valence-electron chi connectivity index (χ0n) is 18.2. The van der Waals surface area contributed by atoms with Crippen LogP contribution in [0.15, 0.2) is 73.1 Å². The smallest absolute Gasteiger partial charge is 0.212 e. The molecule has 0 aliphatic rings. The predicted molar refractivity (Wildman–Crippen MR) is 128 cm³/mol. The van der Waals surface area contributed by atoms with Crippen molar-refractivity contribution in [3.05, 3.63) is 78.6 Å². The van der Waals surface area contributed by atoms with Crippen molar-refractivity contribution < 1.29 is 4.57 Å². The Bertz CT molecular complexity index is 1370. The number of rotatable bonds is 5. The molecule has 2 heteroatoms. The largest absolute Gasteiger partial charge is 0.347 e. The lowest BCUT2D eigenvalue weighted by molar-refractivity contribution is -0.643. The summed E-state index contributed by atoms with van der Waals surface area (Å²) in [6.45, 7) is 5.53. The average molecular weight is 394 g/mol. The molecule has 0 radical (unpaired) electrons. The molecule has 0 saturated heterocycles. The molecule has 0 aliphatic heterocycles. The molecule has 0 saturated carbocycles. The van der Waals surface area contributed by atoms with Crippen LogP contribution in [0.1, 0.15) is 31.7 Å². The Labute approximate surface area is 178 Å². The number of hydrogen-bond donors (Lipinski definition) is 0. The number of benzene rings is 3. The van der Waals surface area contributed by atoms with Gasteiger partial charge in [0.1, 0.15) is 7.05 Å². The highest BCUT2D eigenvalue weighted by Gasteiger charge is 2.13. The van der Waals surface area contributed by atoms with E-state index in [1.54, 1.807) is 0 Å². The fourth-order valence-corrected chi connectivity index (χ4v) is 4.62. The highest BCUT2D eigenvalue weighted by molar-refractivity contribution is 6.05. The molecule has 2 nitrogen and oxygen atoms in total. The fraction of sp³-hybridized carbons (Fsp3) is 0.250. The number of hydrogen-bond acceptors (Lipinski definition) is 0. The second kappa shape index (κ2) is 7.60. The van der Waals surface area contributed by atoms with E-state index in [9.17, 15) is 0 Å². The summed E-state index contributed by atoms with van der Waals surface area (Å²) in [7, 11) is 2.14. The number of unbranched alkanes of at least 4 members (excludes halogenated alkanes) is 2. The molecule has 0 aliphatic carbocycles. The van der Waals surface area contributed by atoms with Crippen molar-refractivity contribution in [1.29, 1.82) is 0 Å². The molecule has 5 aromatic rings. The number of aromatic nitrogens is 2. The van der Waals surface area contributed by atoms with Crippen molar-refractivity contribution in [2.24, 2.45) is 7.05 Å². The lowest BCUT2D eigenvalue weighted by Crippen LogP contribution is -2.28. The van der Waals surface area contributed by atoms with Crippen LogP contribution in [0.2, 0.25) is 0 Å². The van der Waals surface area contributed by atoms with Gasteiger partial charge in [0, 0.05) is 35.1 Å². The lowest BCUT2D eigenvalue weighted by Gasteiger charge is -2.09. The summed E-state index contributed by atoms with van der Waals surface area (Å²) in [5.74, 6) is 0. The number of pyridine rings is 1. The molecule has 3 aromatic carbocycles. The summed E-state index contributed by atoms with van der Waals surface area (Å²) in [6.07, 6.45) is 8.25. The molecular weight excluding hydrogens is 364 g/mol. The van der Waals surface area contributed by atoms with Crippen LogP contribution in [0.3, 0.4) is 0 Å². The summed E-state index contributed by atoms with van der Waals surface area (Å²) in [5.41, 5.74) is 6.46. The zero-order valence-corrected chi connectivity index (χ0v) is 18.2. The van der Waals surface area contributed by atoms with Crippen LogP contribution < -0.4 is 4.57 Å². The zero-order chi connectivity index (χ0) is 20.7. The van der Waals surface area contributed by atoms with Crippen LogP contribution >= 0.6 is 0 Å². The highest BCUT2D eigenvalue weighted by atomic mass is 14.9. The van der Waals surface area contributed by atoms with Gasteiger partial charge < -0.3 is 4.57 Å². The first-order chi connectivity index (χ1) is 14.6. The molecule has 2 aromatic heterocycles. The Morgan fingerprint density at radius 1 is 0.800 bits per heavy atom. The topological polar surface area (TPSA) is 8.81 Å². The highest BCUT2D eigenvalue weighted by Crippen LogP contribution is 2.30. The molecule has 150 valence electrons. The van der Waals surface area contributed by atoms with Gasteiger partial charge in [-0.05, 0) is 60.2 Å². The van der Waals surface area contributed by atoms with Crippen LogP contribution in [0.25, 0.3) is 43.7 Å². The summed E-state index contributed by atoms with van der Waals surface area (Å²) < 4.78 is 4.65. The Balaban J connectivity index is 1.65.